The van der Waals surface area contributed by atoms with E-state index in [-0.39, 0.29) is 78.7 Å². The molecule has 0 radical (unpaired) electrons. The minimum atomic E-state index is -0.609. The van der Waals surface area contributed by atoms with Crippen LogP contribution >= 0.6 is 0 Å². The maximum Gasteiger partial charge on any atom is 0.312 e. The monoisotopic (exact) mass is 895 g/mol. The van der Waals surface area contributed by atoms with E-state index in [1.165, 1.54) is 18.4 Å². The molecule has 2 N–H and O–H groups in total. The van der Waals surface area contributed by atoms with E-state index in [9.17, 15) is 15.0 Å². The number of hydrogen-bond donors (Lipinski definition) is 2. The van der Waals surface area contributed by atoms with Crippen molar-refractivity contribution in [2.45, 2.75) is 231 Å². The van der Waals surface area contributed by atoms with E-state index in [1.54, 1.807) is 5.57 Å². The summed E-state index contributed by atoms with van der Waals surface area (Å²) in [5, 5.41) is 22.2. The van der Waals surface area contributed by atoms with Crippen LogP contribution in [0.5, 0.6) is 0 Å². The van der Waals surface area contributed by atoms with Crippen LogP contribution in [0.1, 0.15) is 219 Å². The van der Waals surface area contributed by atoms with Crippen molar-refractivity contribution in [3.8, 4) is 0 Å². The quantitative estimate of drug-likeness (QED) is 0.218. The Kier molecular flexibility index (Phi) is 10.3. The molecule has 10 aliphatic rings. The third kappa shape index (κ3) is 5.78. The Labute approximate surface area is 396 Å². The first-order chi connectivity index (χ1) is 30.1. The molecule has 364 valence electrons. The SMILES string of the molecule is C[C@H]1[C@H](C)CC[C@]2(C(=O)O[C@H]3CC[C@]4(C)[C@H]5CC=C6[C@@H]7CC(C)(C)CC[C@]7(C(=O)O)CC[C@@]6(C)[C@]5(C)CC[C@H]4C3(C)C)CC[C@]3(C)C(=CCC4[C@@]5(C)CC[C@H](O)C(C)(C)C5CC[C@]43C)[C@H]12. The lowest BCUT2D eigenvalue weighted by molar-refractivity contribution is -0.225. The smallest absolute Gasteiger partial charge is 0.312 e. The van der Waals surface area contributed by atoms with Crippen molar-refractivity contribution in [2.24, 2.45) is 107 Å². The number of carboxylic acids is 1. The number of aliphatic hydroxyl groups is 1. The standard InChI is InChI=1S/C60H94O5/c1-36-19-28-60(34-31-56(12)39(47(60)37(36)2)16-18-44-53(9)24-22-45(61)51(5,6)41(53)20-26-58(44,56)14)49(64)65-46-23-25-54(10)42(52(46,7)8)21-27-57(13)43(54)17-15-38-40-35-50(3,4)29-32-59(40,48(62)63)33-30-55(38,57)11/h15-16,36-37,40-47,61H,17-35H2,1-14H3,(H,62,63)/t36-,37+,40+,41?,42+,43-,44?,45+,46+,47+,53+,54+,55-,56-,57-,58-,59+,60+/m1/s1. The Balaban J connectivity index is 0.930. The molecule has 18 atom stereocenters. The van der Waals surface area contributed by atoms with Gasteiger partial charge in [-0.05, 0) is 213 Å². The predicted octanol–water partition coefficient (Wildman–Crippen LogP) is 14.8. The lowest BCUT2D eigenvalue weighted by Crippen LogP contribution is -2.66. The lowest BCUT2D eigenvalue weighted by atomic mass is 9.33. The summed E-state index contributed by atoms with van der Waals surface area (Å²) in [6, 6.07) is 0. The zero-order valence-corrected chi connectivity index (χ0v) is 44.0. The van der Waals surface area contributed by atoms with Crippen LogP contribution in [0, 0.1) is 107 Å². The van der Waals surface area contributed by atoms with Gasteiger partial charge in [-0.25, -0.2) is 0 Å². The molecule has 2 unspecified atom stereocenters. The number of aliphatic carboxylic acids is 1. The van der Waals surface area contributed by atoms with Crippen molar-refractivity contribution in [3.63, 3.8) is 0 Å². The molecule has 0 spiro atoms. The number of ether oxygens (including phenoxy) is 1. The summed E-state index contributed by atoms with van der Waals surface area (Å²) in [5.41, 5.74) is 2.69. The topological polar surface area (TPSA) is 83.8 Å². The summed E-state index contributed by atoms with van der Waals surface area (Å²) in [5.74, 6) is 3.06. The van der Waals surface area contributed by atoms with Gasteiger partial charge in [0, 0.05) is 5.41 Å². The Hall–Kier alpha value is -1.62. The molecule has 10 aliphatic carbocycles. The number of carboxylic acid groups (broad SMARTS) is 1. The molecule has 0 aliphatic heterocycles. The predicted molar refractivity (Wildman–Crippen MR) is 262 cm³/mol. The average molecular weight is 895 g/mol. The fourth-order valence-corrected chi connectivity index (χ4v) is 21.9. The number of carbonyl (C=O) groups is 2. The summed E-state index contributed by atoms with van der Waals surface area (Å²) in [6.45, 7) is 35.1. The van der Waals surface area contributed by atoms with Gasteiger partial charge in [-0.3, -0.25) is 9.59 Å². The van der Waals surface area contributed by atoms with Crippen molar-refractivity contribution in [3.05, 3.63) is 23.3 Å². The average Bonchev–Trinajstić information content (AvgIpc) is 3.22. The van der Waals surface area contributed by atoms with Crippen molar-refractivity contribution in [1.82, 2.24) is 0 Å². The fourth-order valence-electron chi connectivity index (χ4n) is 21.9. The van der Waals surface area contributed by atoms with Crippen LogP contribution in [0.25, 0.3) is 0 Å². The van der Waals surface area contributed by atoms with Gasteiger partial charge in [-0.1, -0.05) is 120 Å². The highest BCUT2D eigenvalue weighted by Gasteiger charge is 2.72. The van der Waals surface area contributed by atoms with Gasteiger partial charge in [0.15, 0.2) is 0 Å². The minimum absolute atomic E-state index is 0.00425. The van der Waals surface area contributed by atoms with Gasteiger partial charge in [0.05, 0.1) is 16.9 Å². The van der Waals surface area contributed by atoms with E-state index in [1.807, 2.05) is 0 Å². The van der Waals surface area contributed by atoms with Gasteiger partial charge >= 0.3 is 11.9 Å². The first-order valence-corrected chi connectivity index (χ1v) is 27.6. The number of hydrogen-bond acceptors (Lipinski definition) is 4. The van der Waals surface area contributed by atoms with Gasteiger partial charge in [0.2, 0.25) is 0 Å². The molecule has 5 heteroatoms. The molecular formula is C60H94O5. The van der Waals surface area contributed by atoms with Crippen LogP contribution in [0.15, 0.2) is 23.3 Å². The maximum atomic E-state index is 15.7. The van der Waals surface area contributed by atoms with Crippen LogP contribution in [-0.2, 0) is 14.3 Å². The van der Waals surface area contributed by atoms with Crippen LogP contribution in [0.3, 0.4) is 0 Å². The van der Waals surface area contributed by atoms with Gasteiger partial charge in [0.1, 0.15) is 6.10 Å². The minimum Gasteiger partial charge on any atom is -0.481 e. The summed E-state index contributed by atoms with van der Waals surface area (Å²) in [7, 11) is 0. The van der Waals surface area contributed by atoms with Gasteiger partial charge in [-0.2, -0.15) is 0 Å². The Morgan fingerprint density at radius 2 is 1.09 bits per heavy atom. The normalized spacial score (nSPS) is 54.8. The van der Waals surface area contributed by atoms with E-state index < -0.39 is 16.8 Å². The van der Waals surface area contributed by atoms with E-state index in [2.05, 4.69) is 109 Å². The van der Waals surface area contributed by atoms with Crippen LogP contribution in [0.2, 0.25) is 0 Å². The second kappa shape index (κ2) is 14.3. The number of carbonyl (C=O) groups excluding carboxylic acids is 1. The van der Waals surface area contributed by atoms with Gasteiger partial charge in [0.25, 0.3) is 0 Å². The summed E-state index contributed by atoms with van der Waals surface area (Å²) in [6.07, 6.45) is 24.6. The number of aliphatic hydroxyl groups excluding tert-OH is 1. The Morgan fingerprint density at radius 3 is 1.69 bits per heavy atom. The zero-order valence-electron chi connectivity index (χ0n) is 44.0. The molecule has 0 aromatic heterocycles. The van der Waals surface area contributed by atoms with Crippen molar-refractivity contribution >= 4 is 11.9 Å². The molecule has 8 fully saturated rings. The molecule has 0 bridgehead atoms. The first kappa shape index (κ1) is 47.1. The molecule has 0 saturated heterocycles. The van der Waals surface area contributed by atoms with E-state index in [0.717, 1.165) is 109 Å². The number of allylic oxidation sites excluding steroid dienone is 4. The Morgan fingerprint density at radius 1 is 0.569 bits per heavy atom. The molecule has 0 heterocycles. The fraction of sp³-hybridized carbons (Fsp3) is 0.900. The molecule has 0 aromatic carbocycles. The Bertz CT molecular complexity index is 2060. The summed E-state index contributed by atoms with van der Waals surface area (Å²) >= 11 is 0. The van der Waals surface area contributed by atoms with Crippen LogP contribution in [-0.4, -0.2) is 34.4 Å². The zero-order chi connectivity index (χ0) is 47.1. The molecule has 10 rings (SSSR count). The van der Waals surface area contributed by atoms with Crippen LogP contribution < -0.4 is 0 Å². The third-order valence-corrected chi connectivity index (χ3v) is 26.6. The highest BCUT2D eigenvalue weighted by atomic mass is 16.5. The molecule has 0 aromatic rings. The molecule has 0 amide bonds. The summed E-state index contributed by atoms with van der Waals surface area (Å²) in [4.78, 5) is 28.9. The molecule has 65 heavy (non-hydrogen) atoms. The van der Waals surface area contributed by atoms with Crippen LogP contribution in [0.4, 0.5) is 0 Å². The number of esters is 1. The van der Waals surface area contributed by atoms with E-state index >= 15 is 4.79 Å². The summed E-state index contributed by atoms with van der Waals surface area (Å²) < 4.78 is 7.27. The largest absolute Gasteiger partial charge is 0.481 e. The van der Waals surface area contributed by atoms with E-state index in [4.69, 9.17) is 4.74 Å². The van der Waals surface area contributed by atoms with Crippen molar-refractivity contribution < 1.29 is 24.5 Å². The second-order valence-corrected chi connectivity index (χ2v) is 29.6. The maximum absolute atomic E-state index is 15.7. The lowest BCUT2D eigenvalue weighted by Gasteiger charge is -2.71. The number of rotatable bonds is 3. The first-order valence-electron chi connectivity index (χ1n) is 27.6. The third-order valence-electron chi connectivity index (χ3n) is 26.6. The highest BCUT2D eigenvalue weighted by molar-refractivity contribution is 5.79. The van der Waals surface area contributed by atoms with Crippen molar-refractivity contribution in [1.29, 1.82) is 0 Å². The highest BCUT2D eigenvalue weighted by Crippen LogP contribution is 2.78. The molecule has 5 nitrogen and oxygen atoms in total. The van der Waals surface area contributed by atoms with E-state index in [0.29, 0.717) is 35.5 Å². The van der Waals surface area contributed by atoms with Gasteiger partial charge in [-0.15, -0.1) is 0 Å². The molecular weight excluding hydrogens is 801 g/mol. The van der Waals surface area contributed by atoms with Gasteiger partial charge < -0.3 is 14.9 Å². The number of fused-ring (bicyclic) bond motifs is 14. The molecule has 8 saturated carbocycles. The van der Waals surface area contributed by atoms with Crippen molar-refractivity contribution in [2.75, 3.05) is 0 Å². The second-order valence-electron chi connectivity index (χ2n) is 29.6.